The summed E-state index contributed by atoms with van der Waals surface area (Å²) in [4.78, 5) is 28.7. The molecule has 0 radical (unpaired) electrons. The molecule has 0 bridgehead atoms. The lowest BCUT2D eigenvalue weighted by Gasteiger charge is -2.18. The van der Waals surface area contributed by atoms with Gasteiger partial charge in [-0.25, -0.2) is 4.98 Å². The molecule has 1 amide bonds. The summed E-state index contributed by atoms with van der Waals surface area (Å²) in [7, 11) is 4.64. The molecule has 0 saturated carbocycles. The van der Waals surface area contributed by atoms with Crippen LogP contribution in [0.25, 0.3) is 11.0 Å². The monoisotopic (exact) mass is 503 g/mol. The first-order chi connectivity index (χ1) is 17.9. The van der Waals surface area contributed by atoms with Gasteiger partial charge >= 0.3 is 5.97 Å². The zero-order valence-electron chi connectivity index (χ0n) is 20.9. The number of carbonyl (C=O) groups is 2. The van der Waals surface area contributed by atoms with E-state index in [0.717, 1.165) is 16.6 Å². The first-order valence-corrected chi connectivity index (χ1v) is 11.8. The van der Waals surface area contributed by atoms with Gasteiger partial charge in [-0.1, -0.05) is 30.3 Å². The molecule has 0 aliphatic heterocycles. The maximum Gasteiger partial charge on any atom is 0.305 e. The van der Waals surface area contributed by atoms with Crippen LogP contribution in [-0.2, 0) is 16.0 Å². The summed E-state index contributed by atoms with van der Waals surface area (Å²) in [5.41, 5.74) is 3.82. The molecule has 1 aromatic heterocycles. The zero-order chi connectivity index (χ0) is 26.4. The van der Waals surface area contributed by atoms with Crippen LogP contribution in [0.3, 0.4) is 0 Å². The number of ether oxygens (including phenoxy) is 3. The second kappa shape index (κ2) is 11.5. The third-order valence-electron chi connectivity index (χ3n) is 6.11. The molecule has 0 aliphatic carbocycles. The summed E-state index contributed by atoms with van der Waals surface area (Å²) >= 11 is 0. The lowest BCUT2D eigenvalue weighted by Crippen LogP contribution is -2.14. The molecule has 1 unspecified atom stereocenters. The van der Waals surface area contributed by atoms with Crippen molar-refractivity contribution in [3.05, 3.63) is 78.1 Å². The first-order valence-electron chi connectivity index (χ1n) is 11.8. The van der Waals surface area contributed by atoms with Gasteiger partial charge in [-0.05, 0) is 47.9 Å². The molecule has 1 atom stereocenters. The minimum atomic E-state index is -0.897. The van der Waals surface area contributed by atoms with Crippen molar-refractivity contribution in [2.45, 2.75) is 25.3 Å². The van der Waals surface area contributed by atoms with Crippen LogP contribution >= 0.6 is 0 Å². The Hall–Kier alpha value is -4.53. The van der Waals surface area contributed by atoms with Crippen molar-refractivity contribution in [3.63, 3.8) is 0 Å². The number of hydrogen-bond acceptors (Lipinski definition) is 6. The number of imidazole rings is 1. The number of hydrogen-bond donors (Lipinski definition) is 2. The highest BCUT2D eigenvalue weighted by molar-refractivity contribution is 5.93. The fourth-order valence-corrected chi connectivity index (χ4v) is 4.34. The molecule has 0 spiro atoms. The second-order valence-electron chi connectivity index (χ2n) is 8.46. The fourth-order valence-electron chi connectivity index (χ4n) is 4.34. The van der Waals surface area contributed by atoms with Crippen LogP contribution < -0.4 is 19.5 Å². The molecule has 1 heterocycles. The molecular weight excluding hydrogens is 474 g/mol. The normalized spacial score (nSPS) is 11.6. The van der Waals surface area contributed by atoms with Crippen LogP contribution in [0.5, 0.6) is 17.2 Å². The second-order valence-corrected chi connectivity index (χ2v) is 8.46. The molecule has 9 heteroatoms. The van der Waals surface area contributed by atoms with Crippen molar-refractivity contribution in [2.75, 3.05) is 26.6 Å². The van der Waals surface area contributed by atoms with Gasteiger partial charge in [0.2, 0.25) is 11.7 Å². The van der Waals surface area contributed by atoms with E-state index in [1.54, 1.807) is 39.8 Å². The highest BCUT2D eigenvalue weighted by Gasteiger charge is 2.20. The number of carboxylic acid groups (broad SMARTS) is 1. The Morgan fingerprint density at radius 3 is 2.30 bits per heavy atom. The SMILES string of the molecule is COc1cc(CCC(=O)Nc2ccc3c(c2)ncn3C(CC(=O)O)c2ccccc2)cc(OC)c1OC. The number of nitrogens with zero attached hydrogens (tertiary/aromatic N) is 2. The third-order valence-corrected chi connectivity index (χ3v) is 6.11. The van der Waals surface area contributed by atoms with Gasteiger partial charge in [0.25, 0.3) is 0 Å². The molecule has 9 nitrogen and oxygen atoms in total. The van der Waals surface area contributed by atoms with Crippen molar-refractivity contribution >= 4 is 28.6 Å². The Balaban J connectivity index is 1.48. The van der Waals surface area contributed by atoms with Gasteiger partial charge in [0.1, 0.15) is 0 Å². The Kier molecular flexibility index (Phi) is 7.92. The Bertz CT molecular complexity index is 1370. The van der Waals surface area contributed by atoms with Crippen LogP contribution in [0.2, 0.25) is 0 Å². The largest absolute Gasteiger partial charge is 0.493 e. The molecular formula is C28H29N3O6. The van der Waals surface area contributed by atoms with Crippen molar-refractivity contribution in [2.24, 2.45) is 0 Å². The van der Waals surface area contributed by atoms with Gasteiger partial charge in [0.05, 0.1) is 51.2 Å². The van der Waals surface area contributed by atoms with Crippen molar-refractivity contribution in [1.82, 2.24) is 9.55 Å². The fraction of sp³-hybridized carbons (Fsp3) is 0.250. The van der Waals surface area contributed by atoms with Crippen LogP contribution in [-0.4, -0.2) is 47.9 Å². The lowest BCUT2D eigenvalue weighted by atomic mass is 10.0. The van der Waals surface area contributed by atoms with Gasteiger partial charge in [-0.2, -0.15) is 0 Å². The van der Waals surface area contributed by atoms with E-state index in [4.69, 9.17) is 14.2 Å². The lowest BCUT2D eigenvalue weighted by molar-refractivity contribution is -0.137. The van der Waals surface area contributed by atoms with Gasteiger partial charge in [0, 0.05) is 12.1 Å². The number of anilines is 1. The van der Waals surface area contributed by atoms with Gasteiger partial charge < -0.3 is 29.2 Å². The highest BCUT2D eigenvalue weighted by atomic mass is 16.5. The van der Waals surface area contributed by atoms with Gasteiger partial charge in [-0.3, -0.25) is 9.59 Å². The zero-order valence-corrected chi connectivity index (χ0v) is 20.9. The van der Waals surface area contributed by atoms with E-state index in [0.29, 0.717) is 34.9 Å². The average molecular weight is 504 g/mol. The number of aromatic nitrogens is 2. The van der Waals surface area contributed by atoms with E-state index in [1.165, 1.54) is 0 Å². The topological polar surface area (TPSA) is 112 Å². The number of benzene rings is 3. The number of amides is 1. The highest BCUT2D eigenvalue weighted by Crippen LogP contribution is 2.38. The molecule has 0 fully saturated rings. The molecule has 2 N–H and O–H groups in total. The predicted molar refractivity (Wildman–Crippen MR) is 140 cm³/mol. The van der Waals surface area contributed by atoms with Gasteiger partial charge in [-0.15, -0.1) is 0 Å². The molecule has 192 valence electrons. The number of carbonyl (C=O) groups excluding carboxylic acids is 1. The van der Waals surface area contributed by atoms with Crippen molar-refractivity contribution in [1.29, 1.82) is 0 Å². The number of fused-ring (bicyclic) bond motifs is 1. The van der Waals surface area contributed by atoms with E-state index in [-0.39, 0.29) is 18.7 Å². The first kappa shape index (κ1) is 25.6. The van der Waals surface area contributed by atoms with Crippen LogP contribution in [0.4, 0.5) is 5.69 Å². The Labute approximate surface area is 214 Å². The number of rotatable bonds is 11. The average Bonchev–Trinajstić information content (AvgIpc) is 3.33. The van der Waals surface area contributed by atoms with Crippen molar-refractivity contribution < 1.29 is 28.9 Å². The van der Waals surface area contributed by atoms with Crippen LogP contribution in [0.15, 0.2) is 67.0 Å². The van der Waals surface area contributed by atoms with Crippen LogP contribution in [0, 0.1) is 0 Å². The Morgan fingerprint density at radius 2 is 1.68 bits per heavy atom. The van der Waals surface area contributed by atoms with E-state index < -0.39 is 12.0 Å². The quantitative estimate of drug-likeness (QED) is 0.305. The summed E-state index contributed by atoms with van der Waals surface area (Å²) in [5.74, 6) is 0.529. The molecule has 37 heavy (non-hydrogen) atoms. The maximum atomic E-state index is 12.7. The number of aliphatic carboxylic acids is 1. The molecule has 3 aromatic carbocycles. The molecule has 4 rings (SSSR count). The number of aryl methyl sites for hydroxylation is 1. The van der Waals surface area contributed by atoms with Gasteiger partial charge in [0.15, 0.2) is 11.5 Å². The van der Waals surface area contributed by atoms with Crippen LogP contribution in [0.1, 0.15) is 30.0 Å². The molecule has 4 aromatic rings. The van der Waals surface area contributed by atoms with Crippen molar-refractivity contribution in [3.8, 4) is 17.2 Å². The standard InChI is InChI=1S/C28H29N3O6/c1-35-24-13-18(14-25(36-2)28(24)37-3)9-12-26(32)30-20-10-11-22-21(15-20)29-17-31(22)23(16-27(33)34)19-7-5-4-6-8-19/h4-8,10-11,13-15,17,23H,9,12,16H2,1-3H3,(H,30,32)(H,33,34). The number of methoxy groups -OCH3 is 3. The summed E-state index contributed by atoms with van der Waals surface area (Å²) in [6, 6.07) is 18.1. The summed E-state index contributed by atoms with van der Waals surface area (Å²) in [5, 5.41) is 12.4. The van der Waals surface area contributed by atoms with E-state index in [1.807, 2.05) is 53.1 Å². The summed E-state index contributed by atoms with van der Waals surface area (Å²) in [6.07, 6.45) is 2.30. The minimum absolute atomic E-state index is 0.0745. The smallest absolute Gasteiger partial charge is 0.305 e. The minimum Gasteiger partial charge on any atom is -0.493 e. The maximum absolute atomic E-state index is 12.7. The van der Waals surface area contributed by atoms with E-state index in [9.17, 15) is 14.7 Å². The molecule has 0 saturated heterocycles. The summed E-state index contributed by atoms with van der Waals surface area (Å²) < 4.78 is 18.0. The number of nitrogens with one attached hydrogen (secondary N) is 1. The Morgan fingerprint density at radius 1 is 0.973 bits per heavy atom. The third kappa shape index (κ3) is 5.83. The summed E-state index contributed by atoms with van der Waals surface area (Å²) in [6.45, 7) is 0. The molecule has 0 aliphatic rings. The number of carboxylic acids is 1. The van der Waals surface area contributed by atoms with E-state index >= 15 is 0 Å². The van der Waals surface area contributed by atoms with E-state index in [2.05, 4.69) is 10.3 Å². The predicted octanol–water partition coefficient (Wildman–Crippen LogP) is 4.70.